The summed E-state index contributed by atoms with van der Waals surface area (Å²) in [5.74, 6) is 1.43. The third-order valence-corrected chi connectivity index (χ3v) is 5.53. The number of ether oxygens (including phenoxy) is 2. The second kappa shape index (κ2) is 8.68. The molecule has 0 atom stereocenters. The number of benzene rings is 1. The Kier molecular flexibility index (Phi) is 6.26. The van der Waals surface area contributed by atoms with E-state index in [9.17, 15) is 8.42 Å². The minimum absolute atomic E-state index is 0.105. The van der Waals surface area contributed by atoms with E-state index in [0.717, 1.165) is 0 Å². The van der Waals surface area contributed by atoms with Crippen molar-refractivity contribution in [2.75, 3.05) is 7.11 Å². The smallest absolute Gasteiger partial charge is 0.319 e. The molecule has 2 aromatic heterocycles. The Morgan fingerprint density at radius 2 is 1.90 bits per heavy atom. The fourth-order valence-electron chi connectivity index (χ4n) is 2.47. The number of hydrogen-bond acceptors (Lipinski definition) is 8. The number of pyridine rings is 1. The van der Waals surface area contributed by atoms with Crippen LogP contribution >= 0.6 is 11.6 Å². The van der Waals surface area contributed by atoms with Gasteiger partial charge in [0.2, 0.25) is 15.9 Å². The number of sulfonamides is 1. The van der Waals surface area contributed by atoms with Gasteiger partial charge in [-0.05, 0) is 43.7 Å². The molecule has 1 N–H and O–H groups in total. The first kappa shape index (κ1) is 20.9. The molecule has 0 amide bonds. The van der Waals surface area contributed by atoms with E-state index in [1.54, 1.807) is 38.1 Å². The van der Waals surface area contributed by atoms with Crippen molar-refractivity contribution in [3.63, 3.8) is 0 Å². The summed E-state index contributed by atoms with van der Waals surface area (Å²) in [7, 11) is -2.38. The van der Waals surface area contributed by atoms with Gasteiger partial charge < -0.3 is 9.47 Å². The summed E-state index contributed by atoms with van der Waals surface area (Å²) in [5.41, 5.74) is 0.501. The molecule has 3 rings (SSSR count). The maximum Gasteiger partial charge on any atom is 0.319 e. The van der Waals surface area contributed by atoms with Gasteiger partial charge in [0.15, 0.2) is 5.82 Å². The van der Waals surface area contributed by atoms with Gasteiger partial charge in [0, 0.05) is 17.3 Å². The predicted octanol–water partition coefficient (Wildman–Crippen LogP) is 2.82. The highest BCUT2D eigenvalue weighted by molar-refractivity contribution is 7.89. The lowest BCUT2D eigenvalue weighted by molar-refractivity contribution is 0.373. The molecule has 1 aromatic carbocycles. The van der Waals surface area contributed by atoms with Crippen molar-refractivity contribution in [3.05, 3.63) is 58.8 Å². The van der Waals surface area contributed by atoms with Crippen LogP contribution in [0.15, 0.2) is 41.4 Å². The van der Waals surface area contributed by atoms with E-state index < -0.39 is 10.0 Å². The molecule has 29 heavy (non-hydrogen) atoms. The average molecular weight is 436 g/mol. The van der Waals surface area contributed by atoms with Crippen LogP contribution in [0.3, 0.4) is 0 Å². The summed E-state index contributed by atoms with van der Waals surface area (Å²) in [5, 5.41) is 0.486. The van der Waals surface area contributed by atoms with Crippen LogP contribution in [0.5, 0.6) is 17.6 Å². The summed E-state index contributed by atoms with van der Waals surface area (Å²) in [4.78, 5) is 16.3. The van der Waals surface area contributed by atoms with E-state index in [0.29, 0.717) is 28.0 Å². The van der Waals surface area contributed by atoms with Crippen LogP contribution in [0.1, 0.15) is 17.2 Å². The molecule has 0 aliphatic carbocycles. The van der Waals surface area contributed by atoms with Crippen LogP contribution in [0.2, 0.25) is 5.02 Å². The van der Waals surface area contributed by atoms with Crippen molar-refractivity contribution in [2.45, 2.75) is 25.3 Å². The summed E-state index contributed by atoms with van der Waals surface area (Å²) in [6.07, 6.45) is 1.52. The van der Waals surface area contributed by atoms with E-state index in [-0.39, 0.29) is 23.3 Å². The topological polar surface area (TPSA) is 116 Å². The van der Waals surface area contributed by atoms with Crippen LogP contribution in [-0.4, -0.2) is 35.5 Å². The van der Waals surface area contributed by atoms with E-state index in [1.807, 2.05) is 0 Å². The van der Waals surface area contributed by atoms with Gasteiger partial charge in [-0.25, -0.2) is 23.1 Å². The Hall–Kier alpha value is -2.82. The Bertz CT molecular complexity index is 1140. The number of nitrogens with zero attached hydrogens (tertiary/aromatic N) is 4. The highest BCUT2D eigenvalue weighted by atomic mass is 35.5. The Morgan fingerprint density at radius 3 is 2.59 bits per heavy atom. The number of halogens is 1. The molecule has 11 heteroatoms. The molecule has 3 aromatic rings. The van der Waals surface area contributed by atoms with Crippen LogP contribution in [0.25, 0.3) is 0 Å². The van der Waals surface area contributed by atoms with Gasteiger partial charge in [-0.3, -0.25) is 0 Å². The lowest BCUT2D eigenvalue weighted by Crippen LogP contribution is -2.25. The van der Waals surface area contributed by atoms with E-state index in [1.165, 1.54) is 19.4 Å². The van der Waals surface area contributed by atoms with Crippen molar-refractivity contribution >= 4 is 21.6 Å². The van der Waals surface area contributed by atoms with Crippen LogP contribution in [0, 0.1) is 13.8 Å². The molecule has 0 saturated heterocycles. The molecule has 0 radical (unpaired) electrons. The molecule has 0 fully saturated rings. The van der Waals surface area contributed by atoms with Crippen molar-refractivity contribution in [2.24, 2.45) is 0 Å². The normalized spacial score (nSPS) is 11.3. The first-order chi connectivity index (χ1) is 13.8. The zero-order valence-corrected chi connectivity index (χ0v) is 17.5. The second-order valence-corrected chi connectivity index (χ2v) is 8.12. The first-order valence-electron chi connectivity index (χ1n) is 8.42. The molecule has 0 bridgehead atoms. The Labute approximate surface area is 173 Å². The number of hydrogen-bond donors (Lipinski definition) is 1. The van der Waals surface area contributed by atoms with Crippen LogP contribution in [-0.2, 0) is 16.6 Å². The predicted molar refractivity (Wildman–Crippen MR) is 106 cm³/mol. The largest absolute Gasteiger partial charge is 0.467 e. The molecular weight excluding hydrogens is 418 g/mol. The molecule has 0 aliphatic heterocycles. The number of rotatable bonds is 7. The molecular formula is C18H18ClN5O4S. The van der Waals surface area contributed by atoms with Gasteiger partial charge in [0.1, 0.15) is 11.6 Å². The molecule has 0 saturated carbocycles. The van der Waals surface area contributed by atoms with E-state index in [2.05, 4.69) is 24.7 Å². The summed E-state index contributed by atoms with van der Waals surface area (Å²) < 4.78 is 38.5. The van der Waals surface area contributed by atoms with Crippen molar-refractivity contribution in [3.8, 4) is 17.6 Å². The third-order valence-electron chi connectivity index (χ3n) is 3.73. The molecule has 0 unspecified atom stereocenters. The standard InChI is InChI=1S/C18H18ClN5O4S/c1-11-8-14(28-17-9-13(19)6-7-20-17)4-5-15(11)29(25,26)21-10-16-22-12(2)23-18(24-16)27-3/h4-9,21H,10H2,1-3H3. The molecule has 152 valence electrons. The monoisotopic (exact) mass is 435 g/mol. The van der Waals surface area contributed by atoms with Gasteiger partial charge in [0.05, 0.1) is 18.6 Å². The van der Waals surface area contributed by atoms with Gasteiger partial charge in [-0.15, -0.1) is 0 Å². The van der Waals surface area contributed by atoms with Crippen molar-refractivity contribution < 1.29 is 17.9 Å². The number of aromatic nitrogens is 4. The highest BCUT2D eigenvalue weighted by Crippen LogP contribution is 2.26. The maximum absolute atomic E-state index is 12.7. The van der Waals surface area contributed by atoms with Crippen molar-refractivity contribution in [1.29, 1.82) is 0 Å². The lowest BCUT2D eigenvalue weighted by atomic mass is 10.2. The molecule has 9 nitrogen and oxygen atoms in total. The van der Waals surface area contributed by atoms with E-state index in [4.69, 9.17) is 21.1 Å². The average Bonchev–Trinajstić information content (AvgIpc) is 2.66. The number of nitrogens with one attached hydrogen (secondary N) is 1. The highest BCUT2D eigenvalue weighted by Gasteiger charge is 2.18. The van der Waals surface area contributed by atoms with Gasteiger partial charge >= 0.3 is 6.01 Å². The quantitative estimate of drug-likeness (QED) is 0.602. The Balaban J connectivity index is 1.76. The van der Waals surface area contributed by atoms with Gasteiger partial charge in [-0.2, -0.15) is 9.97 Å². The summed E-state index contributed by atoms with van der Waals surface area (Å²) in [6, 6.07) is 7.92. The zero-order valence-electron chi connectivity index (χ0n) is 15.9. The van der Waals surface area contributed by atoms with Gasteiger partial charge in [-0.1, -0.05) is 11.6 Å². The molecule has 0 spiro atoms. The summed E-state index contributed by atoms with van der Waals surface area (Å²) >= 11 is 5.91. The minimum Gasteiger partial charge on any atom is -0.467 e. The number of methoxy groups -OCH3 is 1. The SMILES string of the molecule is COc1nc(C)nc(CNS(=O)(=O)c2ccc(Oc3cc(Cl)ccn3)cc2C)n1. The fourth-order valence-corrected chi connectivity index (χ4v) is 3.82. The number of aryl methyl sites for hydroxylation is 2. The van der Waals surface area contributed by atoms with Crippen molar-refractivity contribution in [1.82, 2.24) is 24.7 Å². The zero-order chi connectivity index (χ0) is 21.0. The van der Waals surface area contributed by atoms with E-state index >= 15 is 0 Å². The maximum atomic E-state index is 12.7. The Morgan fingerprint density at radius 1 is 1.10 bits per heavy atom. The second-order valence-electron chi connectivity index (χ2n) is 5.95. The minimum atomic E-state index is -3.80. The fraction of sp³-hybridized carbons (Fsp3) is 0.222. The molecule has 2 heterocycles. The van der Waals surface area contributed by atoms with Gasteiger partial charge in [0.25, 0.3) is 0 Å². The first-order valence-corrected chi connectivity index (χ1v) is 10.3. The molecule has 0 aliphatic rings. The lowest BCUT2D eigenvalue weighted by Gasteiger charge is -2.11. The van der Waals surface area contributed by atoms with Crippen LogP contribution in [0.4, 0.5) is 0 Å². The van der Waals surface area contributed by atoms with Crippen LogP contribution < -0.4 is 14.2 Å². The summed E-state index contributed by atoms with van der Waals surface area (Å²) in [6.45, 7) is 3.23. The third kappa shape index (κ3) is 5.37.